The smallest absolute Gasteiger partial charge is 0.00382 e. The first kappa shape index (κ1) is 29.7. The molecule has 0 aliphatic rings. The molecule has 0 amide bonds. The molecule has 0 rings (SSSR count). The highest BCUT2D eigenvalue weighted by Crippen LogP contribution is 2.33. The van der Waals surface area contributed by atoms with Crippen molar-refractivity contribution in [2.24, 2.45) is 35.0 Å². The number of hydrogen-bond donors (Lipinski definition) is 0. The predicted octanol–water partition coefficient (Wildman–Crippen LogP) is 7.99. The lowest BCUT2D eigenvalue weighted by Gasteiger charge is -2.33. The van der Waals surface area contributed by atoms with Crippen LogP contribution in [0.25, 0.3) is 0 Å². The highest BCUT2D eigenvalue weighted by molar-refractivity contribution is 4.75. The van der Waals surface area contributed by atoms with Gasteiger partial charge in [0.25, 0.3) is 0 Å². The molecule has 0 fully saturated rings. The van der Waals surface area contributed by atoms with Crippen LogP contribution < -0.4 is 0 Å². The lowest BCUT2D eigenvalue weighted by Crippen LogP contribution is -2.32. The minimum absolute atomic E-state index is 0.500. The zero-order valence-electron chi connectivity index (χ0n) is 21.0. The second kappa shape index (κ2) is 14.1. The molecule has 0 radical (unpaired) electrons. The molecule has 0 aromatic carbocycles. The largest absolute Gasteiger partial charge is 0.302 e. The van der Waals surface area contributed by atoms with E-state index in [4.69, 9.17) is 0 Å². The maximum absolute atomic E-state index is 2.34. The van der Waals surface area contributed by atoms with Crippen LogP contribution in [0.2, 0.25) is 0 Å². The summed E-state index contributed by atoms with van der Waals surface area (Å²) in [5.41, 5.74) is 0.500. The monoisotopic (exact) mass is 357 g/mol. The fourth-order valence-corrected chi connectivity index (χ4v) is 2.03. The van der Waals surface area contributed by atoms with Crippen LogP contribution in [0.3, 0.4) is 0 Å². The van der Waals surface area contributed by atoms with Gasteiger partial charge in [0, 0.05) is 12.1 Å². The summed E-state index contributed by atoms with van der Waals surface area (Å²) in [5, 5.41) is 0. The van der Waals surface area contributed by atoms with Gasteiger partial charge in [0.05, 0.1) is 0 Å². The molecule has 0 atom stereocenters. The Kier molecular flexibility index (Phi) is 16.7. The Morgan fingerprint density at radius 1 is 0.520 bits per heavy atom. The van der Waals surface area contributed by atoms with E-state index in [9.17, 15) is 0 Å². The topological polar surface area (TPSA) is 3.24 Å². The van der Waals surface area contributed by atoms with Gasteiger partial charge < -0.3 is 4.90 Å². The first-order chi connectivity index (χ1) is 11.0. The van der Waals surface area contributed by atoms with Crippen molar-refractivity contribution >= 4 is 0 Å². The molecule has 1 heteroatoms. The first-order valence-corrected chi connectivity index (χ1v) is 10.7. The van der Waals surface area contributed by atoms with E-state index in [2.05, 4.69) is 116 Å². The van der Waals surface area contributed by atoms with Crippen LogP contribution in [-0.4, -0.2) is 24.0 Å². The van der Waals surface area contributed by atoms with E-state index >= 15 is 0 Å². The Balaban J connectivity index is -0.000000291. The third-order valence-corrected chi connectivity index (χ3v) is 6.71. The number of hydrogen-bond acceptors (Lipinski definition) is 1. The van der Waals surface area contributed by atoms with Gasteiger partial charge in [0.1, 0.15) is 0 Å². The summed E-state index contributed by atoms with van der Waals surface area (Å²) in [4.78, 5) is 2.33. The molecule has 156 valence electrons. The summed E-state index contributed by atoms with van der Waals surface area (Å²) < 4.78 is 0. The molecule has 0 bridgehead atoms. The van der Waals surface area contributed by atoms with Crippen molar-refractivity contribution in [3.05, 3.63) is 0 Å². The first-order valence-electron chi connectivity index (χ1n) is 10.7. The lowest BCUT2D eigenvalue weighted by molar-refractivity contribution is 0.165. The Bertz CT molecular complexity index is 240. The zero-order chi connectivity index (χ0) is 21.1. The van der Waals surface area contributed by atoms with Crippen molar-refractivity contribution in [2.75, 3.05) is 7.05 Å². The molecule has 0 N–H and O–H groups in total. The van der Waals surface area contributed by atoms with Gasteiger partial charge in [-0.25, -0.2) is 0 Å². The molecule has 0 aromatic heterocycles. The van der Waals surface area contributed by atoms with Gasteiger partial charge in [-0.05, 0) is 69.7 Å². The summed E-state index contributed by atoms with van der Waals surface area (Å²) in [6, 6.07) is 1.35. The highest BCUT2D eigenvalue weighted by Gasteiger charge is 2.25. The third-order valence-electron chi connectivity index (χ3n) is 6.71. The minimum Gasteiger partial charge on any atom is -0.302 e. The summed E-state index contributed by atoms with van der Waals surface area (Å²) in [6.45, 7) is 34.1. The Hall–Kier alpha value is -0.0400. The SMILES string of the molecule is CC(C)C(C)(C)C(C)C.CC(C)C(C)C(C)C.CC(C)N(C)C(C)C. The van der Waals surface area contributed by atoms with Crippen molar-refractivity contribution in [1.29, 1.82) is 0 Å². The van der Waals surface area contributed by atoms with Crippen molar-refractivity contribution in [2.45, 2.75) is 116 Å². The van der Waals surface area contributed by atoms with Gasteiger partial charge in [-0.1, -0.05) is 76.2 Å². The Morgan fingerprint density at radius 3 is 0.760 bits per heavy atom. The average Bonchev–Trinajstić information content (AvgIpc) is 2.45. The Labute approximate surface area is 163 Å². The van der Waals surface area contributed by atoms with E-state index in [1.807, 2.05) is 0 Å². The second-order valence-corrected chi connectivity index (χ2v) is 10.3. The molecular formula is C24H55N. The van der Waals surface area contributed by atoms with Crippen LogP contribution in [-0.2, 0) is 0 Å². The van der Waals surface area contributed by atoms with Gasteiger partial charge in [-0.3, -0.25) is 0 Å². The fourth-order valence-electron chi connectivity index (χ4n) is 2.03. The zero-order valence-corrected chi connectivity index (χ0v) is 21.0. The van der Waals surface area contributed by atoms with E-state index in [1.165, 1.54) is 0 Å². The molecule has 0 heterocycles. The maximum atomic E-state index is 2.34. The molecular weight excluding hydrogens is 302 g/mol. The van der Waals surface area contributed by atoms with Crippen LogP contribution in [0.4, 0.5) is 0 Å². The molecule has 0 aliphatic carbocycles. The van der Waals surface area contributed by atoms with Gasteiger partial charge in [0.2, 0.25) is 0 Å². The fraction of sp³-hybridized carbons (Fsp3) is 1.00. The van der Waals surface area contributed by atoms with Gasteiger partial charge in [-0.15, -0.1) is 0 Å². The summed E-state index contributed by atoms with van der Waals surface area (Å²) >= 11 is 0. The molecule has 1 nitrogen and oxygen atoms in total. The van der Waals surface area contributed by atoms with E-state index in [-0.39, 0.29) is 0 Å². The Morgan fingerprint density at radius 2 is 0.760 bits per heavy atom. The standard InChI is InChI=1S/C9H20.C8H18.C7H17N/c1-7(2)9(5,6)8(3)4;2*1-6(2)8(5)7(3)4/h7-8H,1-6H3;6-8H,1-5H3;6-7H,1-5H3. The normalized spacial score (nSPS) is 12.5. The lowest BCUT2D eigenvalue weighted by atomic mass is 9.72. The van der Waals surface area contributed by atoms with Crippen molar-refractivity contribution in [3.63, 3.8) is 0 Å². The van der Waals surface area contributed by atoms with Crippen LogP contribution in [0.5, 0.6) is 0 Å². The van der Waals surface area contributed by atoms with Crippen LogP contribution in [0.1, 0.15) is 104 Å². The van der Waals surface area contributed by atoms with Crippen molar-refractivity contribution in [1.82, 2.24) is 4.90 Å². The van der Waals surface area contributed by atoms with E-state index in [0.717, 1.165) is 29.6 Å². The van der Waals surface area contributed by atoms with Gasteiger partial charge in [0.15, 0.2) is 0 Å². The molecule has 0 saturated heterocycles. The third kappa shape index (κ3) is 14.8. The van der Waals surface area contributed by atoms with E-state index in [1.54, 1.807) is 0 Å². The van der Waals surface area contributed by atoms with Crippen molar-refractivity contribution in [3.8, 4) is 0 Å². The number of rotatable bonds is 6. The van der Waals surface area contributed by atoms with Gasteiger partial charge in [-0.2, -0.15) is 0 Å². The average molecular weight is 358 g/mol. The highest BCUT2D eigenvalue weighted by atomic mass is 15.1. The summed E-state index contributed by atoms with van der Waals surface area (Å²) in [7, 11) is 2.15. The van der Waals surface area contributed by atoms with Crippen LogP contribution in [0, 0.1) is 35.0 Å². The molecule has 25 heavy (non-hydrogen) atoms. The molecule has 0 unspecified atom stereocenters. The molecule has 0 spiro atoms. The van der Waals surface area contributed by atoms with E-state index < -0.39 is 0 Å². The molecule has 0 saturated carbocycles. The quantitative estimate of drug-likeness (QED) is 0.465. The summed E-state index contributed by atoms with van der Waals surface area (Å²) in [6.07, 6.45) is 0. The number of nitrogens with zero attached hydrogens (tertiary/aromatic N) is 1. The van der Waals surface area contributed by atoms with Gasteiger partial charge >= 0.3 is 0 Å². The van der Waals surface area contributed by atoms with Crippen LogP contribution >= 0.6 is 0 Å². The maximum Gasteiger partial charge on any atom is 0.00382 e. The predicted molar refractivity (Wildman–Crippen MR) is 120 cm³/mol. The molecule has 0 aliphatic heterocycles. The van der Waals surface area contributed by atoms with E-state index in [0.29, 0.717) is 17.5 Å². The molecule has 0 aromatic rings. The minimum atomic E-state index is 0.500. The summed E-state index contributed by atoms with van der Waals surface area (Å²) in [5.74, 6) is 4.13. The van der Waals surface area contributed by atoms with Crippen LogP contribution in [0.15, 0.2) is 0 Å². The second-order valence-electron chi connectivity index (χ2n) is 10.3. The van der Waals surface area contributed by atoms with Crippen molar-refractivity contribution < 1.29 is 0 Å².